The molecular formula is C10H19N3O. The number of rotatable bonds is 1. The molecule has 2 rings (SSSR count). The summed E-state index contributed by atoms with van der Waals surface area (Å²) < 4.78 is 0. The van der Waals surface area contributed by atoms with Gasteiger partial charge < -0.3 is 15.5 Å². The van der Waals surface area contributed by atoms with Crippen LogP contribution >= 0.6 is 0 Å². The molecule has 0 aromatic carbocycles. The van der Waals surface area contributed by atoms with Crippen LogP contribution in [0.4, 0.5) is 4.79 Å². The molecule has 4 heteroatoms. The van der Waals surface area contributed by atoms with Gasteiger partial charge in [0, 0.05) is 25.7 Å². The predicted molar refractivity (Wildman–Crippen MR) is 55.2 cm³/mol. The van der Waals surface area contributed by atoms with E-state index in [1.807, 2.05) is 4.90 Å². The van der Waals surface area contributed by atoms with Crippen molar-refractivity contribution >= 4 is 6.03 Å². The van der Waals surface area contributed by atoms with Crippen LogP contribution in [-0.4, -0.2) is 43.2 Å². The summed E-state index contributed by atoms with van der Waals surface area (Å²) in [6, 6.07) is 0.480. The minimum atomic E-state index is 0.135. The Bertz CT molecular complexity index is 196. The molecule has 4 nitrogen and oxygen atoms in total. The number of carbonyl (C=O) groups is 1. The van der Waals surface area contributed by atoms with Crippen LogP contribution in [0.15, 0.2) is 0 Å². The van der Waals surface area contributed by atoms with Crippen molar-refractivity contribution in [3.05, 3.63) is 0 Å². The Morgan fingerprint density at radius 1 is 1.29 bits per heavy atom. The van der Waals surface area contributed by atoms with Gasteiger partial charge in [0.2, 0.25) is 0 Å². The van der Waals surface area contributed by atoms with E-state index in [0.29, 0.717) is 6.04 Å². The third-order valence-electron chi connectivity index (χ3n) is 3.02. The molecule has 0 spiro atoms. The summed E-state index contributed by atoms with van der Waals surface area (Å²) in [6.45, 7) is 3.90. The zero-order valence-electron chi connectivity index (χ0n) is 8.59. The van der Waals surface area contributed by atoms with Crippen LogP contribution in [0.5, 0.6) is 0 Å². The van der Waals surface area contributed by atoms with Gasteiger partial charge in [-0.25, -0.2) is 4.79 Å². The number of hydrogen-bond donors (Lipinski definition) is 2. The maximum Gasteiger partial charge on any atom is 0.317 e. The first-order valence-corrected chi connectivity index (χ1v) is 5.62. The number of urea groups is 1. The molecule has 2 aliphatic rings. The molecule has 0 aromatic rings. The lowest BCUT2D eigenvalue weighted by Crippen LogP contribution is -2.49. The van der Waals surface area contributed by atoms with E-state index in [0.717, 1.165) is 45.4 Å². The molecular weight excluding hydrogens is 178 g/mol. The van der Waals surface area contributed by atoms with E-state index < -0.39 is 0 Å². The fraction of sp³-hybridized carbons (Fsp3) is 0.900. The van der Waals surface area contributed by atoms with Gasteiger partial charge in [0.25, 0.3) is 0 Å². The van der Waals surface area contributed by atoms with Crippen molar-refractivity contribution < 1.29 is 4.79 Å². The molecule has 80 valence electrons. The highest BCUT2D eigenvalue weighted by Gasteiger charge is 2.21. The topological polar surface area (TPSA) is 44.4 Å². The predicted octanol–water partition coefficient (Wildman–Crippen LogP) is 0.544. The van der Waals surface area contributed by atoms with Crippen LogP contribution in [-0.2, 0) is 0 Å². The molecule has 2 fully saturated rings. The minimum Gasteiger partial charge on any atom is -0.334 e. The van der Waals surface area contributed by atoms with Crippen LogP contribution in [0.3, 0.4) is 0 Å². The van der Waals surface area contributed by atoms with Gasteiger partial charge >= 0.3 is 6.03 Å². The Hall–Kier alpha value is -0.770. The summed E-state index contributed by atoms with van der Waals surface area (Å²) in [4.78, 5) is 13.6. The van der Waals surface area contributed by atoms with Gasteiger partial charge in [-0.05, 0) is 32.2 Å². The van der Waals surface area contributed by atoms with Crippen molar-refractivity contribution in [3.63, 3.8) is 0 Å². The van der Waals surface area contributed by atoms with Crippen molar-refractivity contribution in [2.75, 3.05) is 26.2 Å². The number of nitrogens with zero attached hydrogens (tertiary/aromatic N) is 1. The summed E-state index contributed by atoms with van der Waals surface area (Å²) in [5, 5.41) is 6.38. The molecule has 2 amide bonds. The van der Waals surface area contributed by atoms with Crippen molar-refractivity contribution in [2.45, 2.75) is 31.7 Å². The highest BCUT2D eigenvalue weighted by atomic mass is 16.2. The zero-order chi connectivity index (χ0) is 9.80. The summed E-state index contributed by atoms with van der Waals surface area (Å²) in [7, 11) is 0. The Kier molecular flexibility index (Phi) is 3.24. The normalized spacial score (nSPS) is 27.7. The molecule has 2 N–H and O–H groups in total. The molecule has 0 bridgehead atoms. The first-order valence-electron chi connectivity index (χ1n) is 5.62. The summed E-state index contributed by atoms with van der Waals surface area (Å²) in [5.74, 6) is 0. The average Bonchev–Trinajstić information content (AvgIpc) is 2.72. The van der Waals surface area contributed by atoms with E-state index >= 15 is 0 Å². The fourth-order valence-electron chi connectivity index (χ4n) is 2.16. The second-order valence-electron chi connectivity index (χ2n) is 4.19. The van der Waals surface area contributed by atoms with E-state index in [1.165, 1.54) is 6.42 Å². The summed E-state index contributed by atoms with van der Waals surface area (Å²) >= 11 is 0. The third-order valence-corrected chi connectivity index (χ3v) is 3.02. The van der Waals surface area contributed by atoms with E-state index in [1.54, 1.807) is 0 Å². The standard InChI is InChI=1S/C10H19N3O/c14-10(13-6-1-2-7-13)12-9-4-3-5-11-8-9/h9,11H,1-8H2,(H,12,14)/t9-/m0/s1. The Morgan fingerprint density at radius 3 is 2.71 bits per heavy atom. The largest absolute Gasteiger partial charge is 0.334 e. The molecule has 1 atom stereocenters. The number of piperidine rings is 1. The van der Waals surface area contributed by atoms with Crippen LogP contribution in [0.1, 0.15) is 25.7 Å². The fourth-order valence-corrected chi connectivity index (χ4v) is 2.16. The van der Waals surface area contributed by atoms with Gasteiger partial charge in [0.1, 0.15) is 0 Å². The molecule has 0 radical (unpaired) electrons. The van der Waals surface area contributed by atoms with Crippen LogP contribution < -0.4 is 10.6 Å². The van der Waals surface area contributed by atoms with Crippen LogP contribution in [0.25, 0.3) is 0 Å². The smallest absolute Gasteiger partial charge is 0.317 e. The molecule has 0 aliphatic carbocycles. The summed E-state index contributed by atoms with van der Waals surface area (Å²) in [5.41, 5.74) is 0. The van der Waals surface area contributed by atoms with E-state index in [4.69, 9.17) is 0 Å². The Morgan fingerprint density at radius 2 is 2.07 bits per heavy atom. The van der Waals surface area contributed by atoms with Crippen molar-refractivity contribution in [2.24, 2.45) is 0 Å². The quantitative estimate of drug-likeness (QED) is 0.644. The highest BCUT2D eigenvalue weighted by molar-refractivity contribution is 5.74. The Labute approximate surface area is 85.0 Å². The number of amides is 2. The first kappa shape index (κ1) is 9.77. The van der Waals surface area contributed by atoms with Crippen LogP contribution in [0, 0.1) is 0 Å². The number of hydrogen-bond acceptors (Lipinski definition) is 2. The van der Waals surface area contributed by atoms with Gasteiger partial charge in [-0.1, -0.05) is 0 Å². The summed E-state index contributed by atoms with van der Waals surface area (Å²) in [6.07, 6.45) is 4.62. The van der Waals surface area contributed by atoms with Crippen LogP contribution in [0.2, 0.25) is 0 Å². The van der Waals surface area contributed by atoms with E-state index in [2.05, 4.69) is 10.6 Å². The number of nitrogens with one attached hydrogen (secondary N) is 2. The second-order valence-corrected chi connectivity index (χ2v) is 4.19. The number of carbonyl (C=O) groups excluding carboxylic acids is 1. The first-order chi connectivity index (χ1) is 6.86. The third kappa shape index (κ3) is 2.38. The molecule has 0 aromatic heterocycles. The maximum absolute atomic E-state index is 11.7. The molecule has 0 saturated carbocycles. The lowest BCUT2D eigenvalue weighted by molar-refractivity contribution is 0.201. The van der Waals surface area contributed by atoms with E-state index in [9.17, 15) is 4.79 Å². The minimum absolute atomic E-state index is 0.135. The molecule has 2 heterocycles. The van der Waals surface area contributed by atoms with E-state index in [-0.39, 0.29) is 6.03 Å². The van der Waals surface area contributed by atoms with Gasteiger partial charge in [-0.3, -0.25) is 0 Å². The molecule has 14 heavy (non-hydrogen) atoms. The molecule has 0 unspecified atom stereocenters. The van der Waals surface area contributed by atoms with Gasteiger partial charge in [-0.2, -0.15) is 0 Å². The van der Waals surface area contributed by atoms with Crippen molar-refractivity contribution in [1.82, 2.24) is 15.5 Å². The van der Waals surface area contributed by atoms with Crippen molar-refractivity contribution in [1.29, 1.82) is 0 Å². The zero-order valence-corrected chi connectivity index (χ0v) is 8.59. The van der Waals surface area contributed by atoms with Gasteiger partial charge in [0.05, 0.1) is 0 Å². The monoisotopic (exact) mass is 197 g/mol. The number of likely N-dealkylation sites (tertiary alicyclic amines) is 1. The average molecular weight is 197 g/mol. The SMILES string of the molecule is O=C(N[C@H]1CCCNC1)N1CCCC1. The highest BCUT2D eigenvalue weighted by Crippen LogP contribution is 2.08. The lowest BCUT2D eigenvalue weighted by atomic mass is 10.1. The molecule has 2 aliphatic heterocycles. The van der Waals surface area contributed by atoms with Crippen molar-refractivity contribution in [3.8, 4) is 0 Å². The van der Waals surface area contributed by atoms with Gasteiger partial charge in [-0.15, -0.1) is 0 Å². The van der Waals surface area contributed by atoms with Gasteiger partial charge in [0.15, 0.2) is 0 Å². The maximum atomic E-state index is 11.7. The lowest BCUT2D eigenvalue weighted by Gasteiger charge is -2.26. The Balaban J connectivity index is 1.75. The molecule has 2 saturated heterocycles. The second kappa shape index (κ2) is 4.64.